The second-order valence-corrected chi connectivity index (χ2v) is 6.38. The normalized spacial score (nSPS) is 10.7. The zero-order chi connectivity index (χ0) is 19.6. The van der Waals surface area contributed by atoms with Crippen LogP contribution in [-0.2, 0) is 6.54 Å². The Hall–Kier alpha value is -3.35. The lowest BCUT2D eigenvalue weighted by atomic mass is 10.1. The Bertz CT molecular complexity index is 1070. The Morgan fingerprint density at radius 1 is 1.22 bits per heavy atom. The molecule has 140 valence electrons. The molecule has 1 N–H and O–H groups in total. The fraction of sp³-hybridized carbons (Fsp3) is 0.250. The van der Waals surface area contributed by atoms with Crippen LogP contribution in [0.2, 0.25) is 0 Å². The van der Waals surface area contributed by atoms with Crippen molar-refractivity contribution in [3.8, 4) is 17.0 Å². The van der Waals surface area contributed by atoms with Gasteiger partial charge in [-0.3, -0.25) is 18.6 Å². The average Bonchev–Trinajstić information content (AvgIpc) is 3.11. The monoisotopic (exact) mass is 366 g/mol. The van der Waals surface area contributed by atoms with Crippen LogP contribution in [0, 0.1) is 0 Å². The molecule has 1 amide bonds. The van der Waals surface area contributed by atoms with Crippen LogP contribution in [0.1, 0.15) is 24.3 Å². The smallest absolute Gasteiger partial charge is 0.295 e. The Morgan fingerprint density at radius 3 is 2.52 bits per heavy atom. The van der Waals surface area contributed by atoms with Crippen molar-refractivity contribution in [2.24, 2.45) is 0 Å². The number of nitrogens with one attached hydrogen (secondary N) is 1. The van der Waals surface area contributed by atoms with Crippen molar-refractivity contribution in [1.29, 1.82) is 0 Å². The first kappa shape index (κ1) is 18.4. The zero-order valence-corrected chi connectivity index (χ0v) is 15.8. The second-order valence-electron chi connectivity index (χ2n) is 6.38. The van der Waals surface area contributed by atoms with E-state index in [0.717, 1.165) is 22.6 Å². The molecular formula is C20H22N4O3. The van der Waals surface area contributed by atoms with E-state index in [1.54, 1.807) is 22.3 Å². The van der Waals surface area contributed by atoms with Gasteiger partial charge in [-0.2, -0.15) is 0 Å². The van der Waals surface area contributed by atoms with Crippen LogP contribution in [-0.4, -0.2) is 34.0 Å². The third-order valence-electron chi connectivity index (χ3n) is 4.25. The molecule has 0 unspecified atom stereocenters. The van der Waals surface area contributed by atoms with Gasteiger partial charge < -0.3 is 10.1 Å². The summed E-state index contributed by atoms with van der Waals surface area (Å²) >= 11 is 0. The lowest BCUT2D eigenvalue weighted by Gasteiger charge is -2.13. The summed E-state index contributed by atoms with van der Waals surface area (Å²) in [4.78, 5) is 29.2. The summed E-state index contributed by atoms with van der Waals surface area (Å²) in [7, 11) is 3.14. The van der Waals surface area contributed by atoms with E-state index in [-0.39, 0.29) is 22.8 Å². The summed E-state index contributed by atoms with van der Waals surface area (Å²) in [6.07, 6.45) is 5.36. The highest BCUT2D eigenvalue weighted by atomic mass is 16.5. The first-order valence-electron chi connectivity index (χ1n) is 8.57. The van der Waals surface area contributed by atoms with Gasteiger partial charge in [-0.1, -0.05) is 11.6 Å². The minimum atomic E-state index is -0.333. The van der Waals surface area contributed by atoms with E-state index in [0.29, 0.717) is 6.54 Å². The number of aromatic nitrogens is 3. The van der Waals surface area contributed by atoms with Gasteiger partial charge in [-0.25, -0.2) is 4.98 Å². The van der Waals surface area contributed by atoms with Gasteiger partial charge in [0.1, 0.15) is 11.4 Å². The maximum atomic E-state index is 13.1. The summed E-state index contributed by atoms with van der Waals surface area (Å²) in [5.41, 5.74) is 2.87. The van der Waals surface area contributed by atoms with Crippen molar-refractivity contribution < 1.29 is 9.53 Å². The van der Waals surface area contributed by atoms with Crippen molar-refractivity contribution in [1.82, 2.24) is 19.3 Å². The van der Waals surface area contributed by atoms with Crippen molar-refractivity contribution in [2.75, 3.05) is 14.2 Å². The van der Waals surface area contributed by atoms with E-state index < -0.39 is 0 Å². The molecule has 0 fully saturated rings. The summed E-state index contributed by atoms with van der Waals surface area (Å²) < 4.78 is 8.47. The molecule has 7 nitrogen and oxygen atoms in total. The van der Waals surface area contributed by atoms with Gasteiger partial charge in [-0.15, -0.1) is 0 Å². The summed E-state index contributed by atoms with van der Waals surface area (Å²) in [5, 5.41) is 2.53. The number of fused-ring (bicyclic) bond motifs is 1. The molecule has 0 radical (unpaired) electrons. The lowest BCUT2D eigenvalue weighted by molar-refractivity contribution is 0.0959. The number of imidazole rings is 1. The highest BCUT2D eigenvalue weighted by molar-refractivity contribution is 5.92. The number of nitrogens with zero attached hydrogens (tertiary/aromatic N) is 3. The van der Waals surface area contributed by atoms with Gasteiger partial charge in [0.05, 0.1) is 12.8 Å². The first-order chi connectivity index (χ1) is 12.9. The van der Waals surface area contributed by atoms with Crippen LogP contribution in [0.25, 0.3) is 16.9 Å². The molecule has 7 heteroatoms. The maximum Gasteiger partial charge on any atom is 0.295 e. The molecule has 3 aromatic rings. The van der Waals surface area contributed by atoms with Crippen LogP contribution >= 0.6 is 0 Å². The van der Waals surface area contributed by atoms with E-state index in [4.69, 9.17) is 4.74 Å². The fourth-order valence-electron chi connectivity index (χ4n) is 2.77. The molecule has 27 heavy (non-hydrogen) atoms. The summed E-state index contributed by atoms with van der Waals surface area (Å²) in [6, 6.07) is 7.49. The molecule has 2 aromatic heterocycles. The topological polar surface area (TPSA) is 77.6 Å². The van der Waals surface area contributed by atoms with Crippen LogP contribution < -0.4 is 15.6 Å². The molecule has 0 aliphatic carbocycles. The van der Waals surface area contributed by atoms with Gasteiger partial charge in [0.15, 0.2) is 0 Å². The predicted octanol–water partition coefficient (Wildman–Crippen LogP) is 2.50. The summed E-state index contributed by atoms with van der Waals surface area (Å²) in [5.74, 6) is 0.405. The van der Waals surface area contributed by atoms with Gasteiger partial charge >= 0.3 is 0 Å². The minimum absolute atomic E-state index is 0.204. The first-order valence-corrected chi connectivity index (χ1v) is 8.57. The number of carbonyl (C=O) groups excluding carboxylic acids is 1. The third kappa shape index (κ3) is 3.62. The molecule has 0 aliphatic rings. The standard InChI is InChI=1S/C20H22N4O3/c1-13(2)9-10-24-17(14-5-7-15(27-4)8-6-14)12-23-11-16(19(25)21-3)22-18(23)20(24)26/h5-9,11-12H,10H2,1-4H3,(H,21,25). The largest absolute Gasteiger partial charge is 0.497 e. The molecule has 2 heterocycles. The predicted molar refractivity (Wildman–Crippen MR) is 104 cm³/mol. The number of methoxy groups -OCH3 is 1. The van der Waals surface area contributed by atoms with Crippen molar-refractivity contribution in [3.05, 3.63) is 64.4 Å². The fourth-order valence-corrected chi connectivity index (χ4v) is 2.77. The number of hydrogen-bond acceptors (Lipinski definition) is 4. The second kappa shape index (κ2) is 7.49. The van der Waals surface area contributed by atoms with E-state index in [1.165, 1.54) is 7.05 Å². The number of rotatable bonds is 5. The van der Waals surface area contributed by atoms with Crippen LogP contribution in [0.3, 0.4) is 0 Å². The Morgan fingerprint density at radius 2 is 1.93 bits per heavy atom. The average molecular weight is 366 g/mol. The molecule has 0 aliphatic heterocycles. The number of amides is 1. The van der Waals surface area contributed by atoms with Gasteiger partial charge in [-0.05, 0) is 38.1 Å². The quantitative estimate of drug-likeness (QED) is 0.704. The lowest BCUT2D eigenvalue weighted by Crippen LogP contribution is -2.24. The molecule has 0 saturated heterocycles. The highest BCUT2D eigenvalue weighted by Crippen LogP contribution is 2.22. The maximum absolute atomic E-state index is 13.1. The number of hydrogen-bond donors (Lipinski definition) is 1. The highest BCUT2D eigenvalue weighted by Gasteiger charge is 2.16. The minimum Gasteiger partial charge on any atom is -0.497 e. The van der Waals surface area contributed by atoms with E-state index in [9.17, 15) is 9.59 Å². The number of allylic oxidation sites excluding steroid dienone is 2. The van der Waals surface area contributed by atoms with Gasteiger partial charge in [0.25, 0.3) is 11.5 Å². The van der Waals surface area contributed by atoms with Crippen LogP contribution in [0.4, 0.5) is 0 Å². The van der Waals surface area contributed by atoms with Crippen molar-refractivity contribution in [2.45, 2.75) is 20.4 Å². The number of carbonyl (C=O) groups is 1. The van der Waals surface area contributed by atoms with E-state index in [2.05, 4.69) is 10.3 Å². The Kier molecular flexibility index (Phi) is 5.12. The molecule has 0 spiro atoms. The van der Waals surface area contributed by atoms with E-state index >= 15 is 0 Å². The van der Waals surface area contributed by atoms with E-state index in [1.807, 2.05) is 50.4 Å². The van der Waals surface area contributed by atoms with Crippen LogP contribution in [0.5, 0.6) is 5.75 Å². The molecule has 0 saturated carbocycles. The van der Waals surface area contributed by atoms with Crippen LogP contribution in [0.15, 0.2) is 53.1 Å². The van der Waals surface area contributed by atoms with Gasteiger partial charge in [0.2, 0.25) is 5.65 Å². The molecular weight excluding hydrogens is 344 g/mol. The SMILES string of the molecule is CNC(=O)c1cn2cc(-c3ccc(OC)cc3)n(CC=C(C)C)c(=O)c2n1. The molecule has 3 rings (SSSR count). The third-order valence-corrected chi connectivity index (χ3v) is 4.25. The zero-order valence-electron chi connectivity index (χ0n) is 15.8. The summed E-state index contributed by atoms with van der Waals surface area (Å²) in [6.45, 7) is 4.38. The number of benzene rings is 1. The molecule has 1 aromatic carbocycles. The Balaban J connectivity index is 2.24. The van der Waals surface area contributed by atoms with Crippen molar-refractivity contribution in [3.63, 3.8) is 0 Å². The van der Waals surface area contributed by atoms with Crippen molar-refractivity contribution >= 4 is 11.6 Å². The molecule has 0 bridgehead atoms. The molecule has 0 atom stereocenters. The Labute approximate surface area is 156 Å². The number of ether oxygens (including phenoxy) is 1. The van der Waals surface area contributed by atoms with Gasteiger partial charge in [0, 0.05) is 31.5 Å².